The van der Waals surface area contributed by atoms with E-state index in [2.05, 4.69) is 47.6 Å². The van der Waals surface area contributed by atoms with Crippen LogP contribution in [0.25, 0.3) is 0 Å². The maximum atomic E-state index is 13.3. The van der Waals surface area contributed by atoms with E-state index in [1.165, 1.54) is 37.7 Å². The third-order valence-electron chi connectivity index (χ3n) is 16.9. The van der Waals surface area contributed by atoms with E-state index in [4.69, 9.17) is 9.47 Å². The Morgan fingerprint density at radius 2 is 1.46 bits per heavy atom. The largest absolute Gasteiger partial charge is 0.481 e. The number of ether oxygens (including phenoxy) is 2. The molecule has 6 aliphatic carbocycles. The Hall–Kier alpha value is -1.52. The molecule has 0 bridgehead atoms. The van der Waals surface area contributed by atoms with Crippen LogP contribution in [0, 0.1) is 56.2 Å². The summed E-state index contributed by atoms with van der Waals surface area (Å²) in [6.45, 7) is 14.3. The summed E-state index contributed by atoms with van der Waals surface area (Å²) in [6, 6.07) is 0. The molecular weight excluding hydrogens is 636 g/mol. The van der Waals surface area contributed by atoms with Crippen molar-refractivity contribution in [3.05, 3.63) is 11.6 Å². The van der Waals surface area contributed by atoms with Crippen LogP contribution in [-0.4, -0.2) is 74.3 Å². The second kappa shape index (κ2) is 12.3. The highest BCUT2D eigenvalue weighted by atomic mass is 16.7. The Kier molecular flexibility index (Phi) is 9.03. The van der Waals surface area contributed by atoms with Crippen molar-refractivity contribution in [2.45, 2.75) is 175 Å². The van der Waals surface area contributed by atoms with Crippen molar-refractivity contribution in [2.24, 2.45) is 56.2 Å². The van der Waals surface area contributed by atoms with Gasteiger partial charge in [-0.1, -0.05) is 72.5 Å². The SMILES string of the molecule is CC1(C)CCC2(C(=O)O)CCC3(C4CCCCC4)C(=CCC4C5(C)CCC(OC6OC(C(=O)O)C(O)C(O)C6O)C(C)(C)C5CCC43C)C2C1. The minimum atomic E-state index is -1.75. The van der Waals surface area contributed by atoms with Gasteiger partial charge in [0.15, 0.2) is 12.4 Å². The average molecular weight is 701 g/mol. The first-order valence-electron chi connectivity index (χ1n) is 19.9. The molecule has 6 fully saturated rings. The molecule has 1 aliphatic heterocycles. The molecule has 5 N–H and O–H groups in total. The van der Waals surface area contributed by atoms with Gasteiger partial charge in [0.05, 0.1) is 11.5 Å². The zero-order valence-corrected chi connectivity index (χ0v) is 31.3. The van der Waals surface area contributed by atoms with Crippen molar-refractivity contribution in [2.75, 3.05) is 0 Å². The zero-order chi connectivity index (χ0) is 36.2. The Morgan fingerprint density at radius 1 is 0.780 bits per heavy atom. The number of rotatable bonds is 5. The van der Waals surface area contributed by atoms with Crippen molar-refractivity contribution in [3.63, 3.8) is 0 Å². The van der Waals surface area contributed by atoms with Crippen LogP contribution in [-0.2, 0) is 19.1 Å². The predicted molar refractivity (Wildman–Crippen MR) is 187 cm³/mol. The van der Waals surface area contributed by atoms with Gasteiger partial charge in [0, 0.05) is 5.41 Å². The summed E-state index contributed by atoms with van der Waals surface area (Å²) in [5.41, 5.74) is 0.699. The molecule has 282 valence electrons. The fraction of sp³-hybridized carbons (Fsp3) is 0.902. The number of fused-ring (bicyclic) bond motifs is 7. The molecule has 9 heteroatoms. The lowest BCUT2D eigenvalue weighted by atomic mass is 9.31. The van der Waals surface area contributed by atoms with Gasteiger partial charge in [0.25, 0.3) is 0 Å². The molecule has 13 unspecified atom stereocenters. The van der Waals surface area contributed by atoms with Gasteiger partial charge in [-0.05, 0) is 122 Å². The monoisotopic (exact) mass is 700 g/mol. The third-order valence-corrected chi connectivity index (χ3v) is 16.9. The maximum absolute atomic E-state index is 13.3. The molecule has 9 nitrogen and oxygen atoms in total. The van der Waals surface area contributed by atoms with Crippen LogP contribution in [0.1, 0.15) is 138 Å². The first kappa shape index (κ1) is 36.8. The van der Waals surface area contributed by atoms with Gasteiger partial charge in [0.2, 0.25) is 0 Å². The fourth-order valence-electron chi connectivity index (χ4n) is 14.4. The van der Waals surface area contributed by atoms with Gasteiger partial charge in [-0.2, -0.15) is 0 Å². The summed E-state index contributed by atoms with van der Waals surface area (Å²) in [7, 11) is 0. The smallest absolute Gasteiger partial charge is 0.335 e. The van der Waals surface area contributed by atoms with Crippen molar-refractivity contribution in [1.29, 1.82) is 0 Å². The first-order chi connectivity index (χ1) is 23.4. The van der Waals surface area contributed by atoms with Crippen molar-refractivity contribution < 1.29 is 44.6 Å². The summed E-state index contributed by atoms with van der Waals surface area (Å²) in [5.74, 6) is -0.591. The molecular formula is C41H64O9. The minimum Gasteiger partial charge on any atom is -0.481 e. The molecule has 0 aromatic rings. The lowest BCUT2D eigenvalue weighted by Crippen LogP contribution is -2.68. The Balaban J connectivity index is 1.24. The number of aliphatic hydroxyl groups is 3. The summed E-state index contributed by atoms with van der Waals surface area (Å²) in [4.78, 5) is 25.1. The van der Waals surface area contributed by atoms with E-state index in [-0.39, 0.29) is 39.1 Å². The van der Waals surface area contributed by atoms with Crippen LogP contribution in [0.5, 0.6) is 0 Å². The molecule has 1 saturated heterocycles. The van der Waals surface area contributed by atoms with Crippen LogP contribution in [0.15, 0.2) is 11.6 Å². The van der Waals surface area contributed by atoms with Gasteiger partial charge in [-0.25, -0.2) is 4.79 Å². The Morgan fingerprint density at radius 3 is 2.12 bits per heavy atom. The minimum absolute atomic E-state index is 0.00142. The van der Waals surface area contributed by atoms with Gasteiger partial charge in [-0.3, -0.25) is 4.79 Å². The summed E-state index contributed by atoms with van der Waals surface area (Å²) in [6.07, 6.45) is 9.65. The van der Waals surface area contributed by atoms with Crippen molar-refractivity contribution in [3.8, 4) is 0 Å². The topological polar surface area (TPSA) is 154 Å². The number of aliphatic carboxylic acids is 2. The summed E-state index contributed by atoms with van der Waals surface area (Å²) < 4.78 is 12.0. The van der Waals surface area contributed by atoms with E-state index in [1.54, 1.807) is 0 Å². The second-order valence-electron chi connectivity index (χ2n) is 19.9. The molecule has 7 rings (SSSR count). The lowest BCUT2D eigenvalue weighted by molar-refractivity contribution is -0.324. The van der Waals surface area contributed by atoms with Gasteiger partial charge in [0.1, 0.15) is 18.3 Å². The average Bonchev–Trinajstić information content (AvgIpc) is 3.05. The Bertz CT molecular complexity index is 1380. The normalized spacial score (nSPS) is 50.1. The number of aliphatic hydroxyl groups excluding tert-OH is 3. The van der Waals surface area contributed by atoms with Crippen LogP contribution in [0.2, 0.25) is 0 Å². The highest BCUT2D eigenvalue weighted by Gasteiger charge is 2.72. The number of carbonyl (C=O) groups is 2. The van der Waals surface area contributed by atoms with Crippen LogP contribution < -0.4 is 0 Å². The molecule has 0 aromatic heterocycles. The van der Waals surface area contributed by atoms with E-state index >= 15 is 0 Å². The lowest BCUT2D eigenvalue weighted by Gasteiger charge is -2.73. The molecule has 5 saturated carbocycles. The summed E-state index contributed by atoms with van der Waals surface area (Å²) >= 11 is 0. The molecule has 1 heterocycles. The first-order valence-corrected chi connectivity index (χ1v) is 19.9. The highest BCUT2D eigenvalue weighted by Crippen LogP contribution is 2.78. The molecule has 13 atom stereocenters. The number of carboxylic acids is 2. The third kappa shape index (κ3) is 5.09. The molecule has 50 heavy (non-hydrogen) atoms. The second-order valence-corrected chi connectivity index (χ2v) is 19.9. The van der Waals surface area contributed by atoms with Crippen molar-refractivity contribution in [1.82, 2.24) is 0 Å². The van der Waals surface area contributed by atoms with E-state index in [0.717, 1.165) is 57.8 Å². The molecule has 0 radical (unpaired) electrons. The molecule has 7 aliphatic rings. The van der Waals surface area contributed by atoms with Crippen molar-refractivity contribution >= 4 is 11.9 Å². The number of hydrogen-bond acceptors (Lipinski definition) is 7. The number of carboxylic acid groups (broad SMARTS) is 2. The van der Waals surface area contributed by atoms with Gasteiger partial charge < -0.3 is 35.0 Å². The van der Waals surface area contributed by atoms with E-state index in [0.29, 0.717) is 24.2 Å². The van der Waals surface area contributed by atoms with E-state index < -0.39 is 48.1 Å². The summed E-state index contributed by atoms with van der Waals surface area (Å²) in [5, 5.41) is 52.1. The van der Waals surface area contributed by atoms with Gasteiger partial charge in [-0.15, -0.1) is 0 Å². The van der Waals surface area contributed by atoms with E-state index in [1.807, 2.05) is 0 Å². The van der Waals surface area contributed by atoms with Crippen LogP contribution >= 0.6 is 0 Å². The molecule has 0 amide bonds. The Labute approximate surface area is 298 Å². The van der Waals surface area contributed by atoms with Gasteiger partial charge >= 0.3 is 11.9 Å². The number of allylic oxidation sites excluding steroid dienone is 2. The fourth-order valence-corrected chi connectivity index (χ4v) is 14.4. The van der Waals surface area contributed by atoms with Crippen LogP contribution in [0.3, 0.4) is 0 Å². The van der Waals surface area contributed by atoms with Crippen LogP contribution in [0.4, 0.5) is 0 Å². The standard InChI is InChI=1S/C41H64O9/c1-36(2)18-19-40(35(47)48)20-21-41(23-10-8-7-9-11-23)24(25(40)22-36)12-13-27-38(5)16-15-28(37(3,4)26(38)14-17-39(27,41)6)49-34-31(44)29(42)30(43)32(50-34)33(45)46/h12,23,25-32,34,42-44H,7-11,13-22H2,1-6H3,(H,45,46)(H,47,48). The molecule has 0 spiro atoms. The maximum Gasteiger partial charge on any atom is 0.335 e. The number of hydrogen-bond donors (Lipinski definition) is 5. The molecule has 0 aromatic carbocycles. The highest BCUT2D eigenvalue weighted by molar-refractivity contribution is 5.77. The quantitative estimate of drug-likeness (QED) is 0.156. The van der Waals surface area contributed by atoms with E-state index in [9.17, 15) is 35.1 Å². The zero-order valence-electron chi connectivity index (χ0n) is 31.3. The predicted octanol–water partition coefficient (Wildman–Crippen LogP) is 6.71.